The van der Waals surface area contributed by atoms with Crippen LogP contribution in [0.4, 0.5) is 0 Å². The van der Waals surface area contributed by atoms with Crippen molar-refractivity contribution in [1.82, 2.24) is 0 Å². The molecule has 0 spiro atoms. The topological polar surface area (TPSA) is 108 Å². The van der Waals surface area contributed by atoms with E-state index in [-0.39, 0.29) is 25.6 Å². The lowest BCUT2D eigenvalue weighted by Gasteiger charge is -2.24. The van der Waals surface area contributed by atoms with Gasteiger partial charge in [-0.15, -0.1) is 0 Å². The fourth-order valence-electron chi connectivity index (χ4n) is 12.8. The molecule has 1 N–H and O–H groups in total. The molecule has 584 valence electrons. The summed E-state index contributed by atoms with van der Waals surface area (Å²) in [4.78, 5) is 36.0. The van der Waals surface area contributed by atoms with Gasteiger partial charge in [-0.25, -0.2) is 4.57 Å². The second-order valence-corrected chi connectivity index (χ2v) is 32.0. The summed E-state index contributed by atoms with van der Waals surface area (Å²) < 4.78 is 34.9. The second kappa shape index (κ2) is 80.3. The minimum atomic E-state index is -4.40. The summed E-state index contributed by atoms with van der Waals surface area (Å²) in [5.41, 5.74) is 0. The maximum Gasteiger partial charge on any atom is 0.472 e. The molecular weight excluding hydrogens is 1250 g/mol. The van der Waals surface area contributed by atoms with Gasteiger partial charge in [0.2, 0.25) is 0 Å². The predicted molar refractivity (Wildman–Crippen MR) is 436 cm³/mol. The van der Waals surface area contributed by atoms with Crippen molar-refractivity contribution in [2.45, 2.75) is 431 Å². The van der Waals surface area contributed by atoms with Gasteiger partial charge in [-0.05, 0) is 89.9 Å². The number of rotatable bonds is 81. The largest absolute Gasteiger partial charge is 0.472 e. The zero-order valence-electron chi connectivity index (χ0n) is 66.9. The number of phosphoric ester groups is 1. The number of unbranched alkanes of at least 4 members (excludes halogenated alkanes) is 53. The maximum absolute atomic E-state index is 12.9. The number of allylic oxidation sites excluding steroid dienone is 14. The Labute approximate surface area is 621 Å². The normalized spacial score (nSPS) is 13.4. The molecule has 2 unspecified atom stereocenters. The summed E-state index contributed by atoms with van der Waals surface area (Å²) in [6.45, 7) is 4.38. The number of hydrogen-bond donors (Lipinski definition) is 1. The molecule has 0 aromatic rings. The lowest BCUT2D eigenvalue weighted by Crippen LogP contribution is -2.37. The van der Waals surface area contributed by atoms with Crippen LogP contribution in [0.15, 0.2) is 85.1 Å². The average Bonchev–Trinajstić information content (AvgIpc) is 1.07. The smallest absolute Gasteiger partial charge is 0.462 e. The van der Waals surface area contributed by atoms with Crippen LogP contribution in [0.3, 0.4) is 0 Å². The maximum atomic E-state index is 12.9. The molecule has 0 heterocycles. The van der Waals surface area contributed by atoms with Crippen molar-refractivity contribution in [3.63, 3.8) is 0 Å². The Morgan fingerprint density at radius 2 is 0.570 bits per heavy atom. The third-order valence-electron chi connectivity index (χ3n) is 19.4. The molecule has 10 heteroatoms. The summed E-state index contributed by atoms with van der Waals surface area (Å²) in [5, 5.41) is 0. The Bertz CT molecular complexity index is 1970. The summed E-state index contributed by atoms with van der Waals surface area (Å²) >= 11 is 0. The van der Waals surface area contributed by atoms with Crippen LogP contribution in [-0.4, -0.2) is 74.9 Å². The summed E-state index contributed by atoms with van der Waals surface area (Å²) in [6, 6.07) is 0. The monoisotopic (exact) mass is 1420 g/mol. The van der Waals surface area contributed by atoms with Gasteiger partial charge in [0.05, 0.1) is 27.7 Å². The number of likely N-dealkylation sites (N-methyl/N-ethyl adjacent to an activating group) is 1. The van der Waals surface area contributed by atoms with E-state index in [1.165, 1.54) is 321 Å². The molecule has 2 atom stereocenters. The third-order valence-corrected chi connectivity index (χ3v) is 20.4. The standard InChI is InChI=1S/C90H166NO8P/c1-6-8-10-12-14-16-18-20-22-24-26-28-30-32-34-36-38-40-42-44-45-47-49-51-53-55-57-59-61-63-65-67-69-71-73-75-77-79-81-83-90(93)99-88(87-98-100(94,95)97-85-84-91(3,4)5)86-96-89(92)82-80-78-76-74-72-70-68-66-64-62-60-58-56-54-52-50-48-46-43-41-39-37-35-33-31-29-27-25-23-21-19-17-15-13-11-9-7-2/h8,10,14,16,19-22,25-28,32,34,88H,6-7,9,11-13,15,17-18,23-24,29-31,33,35-87H2,1-5H3/p+1/b10-8-,16-14-,21-19-,22-20-,27-25-,28-26-,34-32-. The van der Waals surface area contributed by atoms with Crippen molar-refractivity contribution in [2.24, 2.45) is 0 Å². The lowest BCUT2D eigenvalue weighted by molar-refractivity contribution is -0.870. The fraction of sp³-hybridized carbons (Fsp3) is 0.822. The van der Waals surface area contributed by atoms with Crippen LogP contribution >= 0.6 is 7.82 Å². The van der Waals surface area contributed by atoms with Gasteiger partial charge in [-0.2, -0.15) is 0 Å². The van der Waals surface area contributed by atoms with Crippen LogP contribution in [0.2, 0.25) is 0 Å². The highest BCUT2D eigenvalue weighted by atomic mass is 31.2. The van der Waals surface area contributed by atoms with E-state index in [0.717, 1.165) is 70.6 Å². The van der Waals surface area contributed by atoms with E-state index in [1.807, 2.05) is 21.1 Å². The zero-order chi connectivity index (χ0) is 72.5. The SMILES string of the molecule is CC/C=C\C/C=C\C/C=C\C/C=C\C/C=C\CCCCCCCCCCCCCCCCCCCCCCCCCC(=O)OC(COC(=O)CCCCCCCCCCCCCCCCCCCCCCCCCCC/C=C\C/C=C\CCCCCCC)COP(=O)(O)OCC[N+](C)(C)C. The highest BCUT2D eigenvalue weighted by molar-refractivity contribution is 7.47. The van der Waals surface area contributed by atoms with Gasteiger partial charge in [0.1, 0.15) is 19.8 Å². The number of quaternary nitrogens is 1. The van der Waals surface area contributed by atoms with Crippen LogP contribution in [0, 0.1) is 0 Å². The molecule has 0 aromatic heterocycles. The minimum Gasteiger partial charge on any atom is -0.462 e. The minimum absolute atomic E-state index is 0.0335. The van der Waals surface area contributed by atoms with E-state index in [1.54, 1.807) is 0 Å². The number of carbonyl (C=O) groups is 2. The van der Waals surface area contributed by atoms with Gasteiger partial charge >= 0.3 is 19.8 Å². The van der Waals surface area contributed by atoms with Gasteiger partial charge in [0, 0.05) is 12.8 Å². The van der Waals surface area contributed by atoms with E-state index < -0.39 is 26.5 Å². The molecule has 0 aromatic carbocycles. The number of esters is 2. The average molecular weight is 1420 g/mol. The highest BCUT2D eigenvalue weighted by Crippen LogP contribution is 2.43. The van der Waals surface area contributed by atoms with Gasteiger partial charge in [-0.3, -0.25) is 18.6 Å². The number of hydrogen-bond acceptors (Lipinski definition) is 7. The number of carbonyl (C=O) groups excluding carboxylic acids is 2. The summed E-state index contributed by atoms with van der Waals surface area (Å²) in [6.07, 6.45) is 112. The quantitative estimate of drug-likeness (QED) is 0.0211. The summed E-state index contributed by atoms with van der Waals surface area (Å²) in [7, 11) is 1.50. The van der Waals surface area contributed by atoms with E-state index in [9.17, 15) is 19.0 Å². The molecule has 0 rings (SSSR count). The zero-order valence-corrected chi connectivity index (χ0v) is 67.8. The third kappa shape index (κ3) is 84.1. The molecule has 0 aliphatic rings. The number of nitrogens with zero attached hydrogens (tertiary/aromatic N) is 1. The second-order valence-electron chi connectivity index (χ2n) is 30.5. The Balaban J connectivity index is 3.87. The molecular formula is C90H167NO8P+. The van der Waals surface area contributed by atoms with Gasteiger partial charge in [-0.1, -0.05) is 407 Å². The van der Waals surface area contributed by atoms with Crippen LogP contribution < -0.4 is 0 Å². The van der Waals surface area contributed by atoms with Crippen LogP contribution in [0.25, 0.3) is 0 Å². The molecule has 9 nitrogen and oxygen atoms in total. The molecule has 0 bridgehead atoms. The van der Waals surface area contributed by atoms with Gasteiger partial charge in [0.15, 0.2) is 6.10 Å². The number of phosphoric acid groups is 1. The highest BCUT2D eigenvalue weighted by Gasteiger charge is 2.27. The molecule has 0 saturated carbocycles. The molecule has 0 amide bonds. The van der Waals surface area contributed by atoms with Crippen LogP contribution in [0.5, 0.6) is 0 Å². The molecule has 0 aliphatic heterocycles. The van der Waals surface area contributed by atoms with Crippen LogP contribution in [-0.2, 0) is 32.7 Å². The Morgan fingerprint density at radius 3 is 0.850 bits per heavy atom. The summed E-state index contributed by atoms with van der Waals surface area (Å²) in [5.74, 6) is -0.773. The van der Waals surface area contributed by atoms with Gasteiger partial charge < -0.3 is 18.9 Å². The lowest BCUT2D eigenvalue weighted by atomic mass is 10.0. The predicted octanol–water partition coefficient (Wildman–Crippen LogP) is 29.2. The van der Waals surface area contributed by atoms with Crippen molar-refractivity contribution in [1.29, 1.82) is 0 Å². The van der Waals surface area contributed by atoms with Crippen molar-refractivity contribution >= 4 is 19.8 Å². The van der Waals surface area contributed by atoms with E-state index in [4.69, 9.17) is 18.5 Å². The fourth-order valence-corrected chi connectivity index (χ4v) is 13.6. The van der Waals surface area contributed by atoms with Crippen LogP contribution in [0.1, 0.15) is 425 Å². The Kier molecular flexibility index (Phi) is 78.0. The van der Waals surface area contributed by atoms with Crippen molar-refractivity contribution in [2.75, 3.05) is 47.5 Å². The first-order chi connectivity index (χ1) is 49.0. The Hall–Kier alpha value is -2.81. The first-order valence-corrected chi connectivity index (χ1v) is 44.8. The van der Waals surface area contributed by atoms with E-state index >= 15 is 0 Å². The van der Waals surface area contributed by atoms with Crippen molar-refractivity contribution in [3.05, 3.63) is 85.1 Å². The van der Waals surface area contributed by atoms with E-state index in [0.29, 0.717) is 23.9 Å². The van der Waals surface area contributed by atoms with Crippen molar-refractivity contribution < 1.29 is 42.1 Å². The van der Waals surface area contributed by atoms with Crippen molar-refractivity contribution in [3.8, 4) is 0 Å². The molecule has 0 saturated heterocycles. The first kappa shape index (κ1) is 97.2. The number of ether oxygens (including phenoxy) is 2. The molecule has 0 aliphatic carbocycles. The Morgan fingerprint density at radius 1 is 0.320 bits per heavy atom. The molecule has 0 radical (unpaired) electrons. The van der Waals surface area contributed by atoms with Gasteiger partial charge in [0.25, 0.3) is 0 Å². The first-order valence-electron chi connectivity index (χ1n) is 43.3. The van der Waals surface area contributed by atoms with E-state index in [2.05, 4.69) is 98.9 Å². The molecule has 100 heavy (non-hydrogen) atoms. The molecule has 0 fully saturated rings.